The van der Waals surface area contributed by atoms with Gasteiger partial charge in [-0.05, 0) is 67.4 Å². The molecule has 2 saturated carbocycles. The van der Waals surface area contributed by atoms with Crippen LogP contribution in [0.1, 0.15) is 93.4 Å². The van der Waals surface area contributed by atoms with Crippen molar-refractivity contribution in [2.45, 2.75) is 118 Å². The van der Waals surface area contributed by atoms with Crippen LogP contribution >= 0.6 is 0 Å². The van der Waals surface area contributed by atoms with Crippen LogP contribution in [0.4, 0.5) is 0 Å². The topological polar surface area (TPSA) is 152 Å². The summed E-state index contributed by atoms with van der Waals surface area (Å²) in [4.78, 5) is 38.6. The number of hydrogen-bond donors (Lipinski definition) is 5. The number of Topliss-reactive ketones (excluding diaryl/α,β-unsaturated/α-hetero) is 2. The number of rotatable bonds is 7. The number of aliphatic hydroxyl groups excluding tert-OH is 4. The molecule has 5 N–H and O–H groups in total. The molecule has 0 aromatic carbocycles. The van der Waals surface area contributed by atoms with Crippen LogP contribution in [0, 0.1) is 39.4 Å². The van der Waals surface area contributed by atoms with Gasteiger partial charge in [0.25, 0.3) is 0 Å². The van der Waals surface area contributed by atoms with Gasteiger partial charge in [0.1, 0.15) is 5.78 Å². The third kappa shape index (κ3) is 4.45. The number of carbonyl (C=O) groups is 3. The molecule has 0 heterocycles. The number of hydrogen-bond acceptors (Lipinski definition) is 7. The van der Waals surface area contributed by atoms with E-state index >= 15 is 0 Å². The summed E-state index contributed by atoms with van der Waals surface area (Å²) >= 11 is 0. The summed E-state index contributed by atoms with van der Waals surface area (Å²) in [5.74, 6) is -1.56. The van der Waals surface area contributed by atoms with E-state index in [4.69, 9.17) is 0 Å². The number of ketones is 2. The highest BCUT2D eigenvalue weighted by Crippen LogP contribution is 2.71. The molecular weight excluding hydrogens is 512 g/mol. The lowest BCUT2D eigenvalue weighted by atomic mass is 9.42. The van der Waals surface area contributed by atoms with Crippen molar-refractivity contribution in [3.63, 3.8) is 0 Å². The van der Waals surface area contributed by atoms with E-state index in [1.54, 1.807) is 0 Å². The molecule has 0 saturated heterocycles. The molecule has 10 atom stereocenters. The van der Waals surface area contributed by atoms with Crippen LogP contribution in [0.5, 0.6) is 0 Å². The van der Waals surface area contributed by atoms with Gasteiger partial charge in [-0.3, -0.25) is 9.59 Å². The van der Waals surface area contributed by atoms with Gasteiger partial charge >= 0.3 is 5.97 Å². The van der Waals surface area contributed by atoms with Crippen LogP contribution in [0.3, 0.4) is 0 Å². The fraction of sp³-hybridized carbons (Fsp3) is 0.781. The maximum atomic E-state index is 14.2. The van der Waals surface area contributed by atoms with Gasteiger partial charge in [-0.25, -0.2) is 4.79 Å². The minimum Gasteiger partial charge on any atom is -0.478 e. The van der Waals surface area contributed by atoms with Crippen LogP contribution in [0.15, 0.2) is 22.8 Å². The molecule has 0 aromatic heterocycles. The minimum absolute atomic E-state index is 0.0248. The van der Waals surface area contributed by atoms with Gasteiger partial charge in [0.05, 0.1) is 24.4 Å². The van der Waals surface area contributed by atoms with Crippen molar-refractivity contribution in [2.24, 2.45) is 39.4 Å². The van der Waals surface area contributed by atoms with Crippen molar-refractivity contribution in [1.82, 2.24) is 0 Å². The van der Waals surface area contributed by atoms with E-state index in [0.29, 0.717) is 36.8 Å². The highest BCUT2D eigenvalue weighted by atomic mass is 16.4. The number of aliphatic carboxylic acids is 1. The SMILES string of the molecule is C[C@H](O)C/C(=C\[C@@H](O)C[C@@H](C)[C@H]1C[C@H](O)[C@@]2(C)C3=C(C(=O)C[C@]12C)[C@@]1(C)CCC(=O)C(C)(C)[C@H]1C[C@H]3O)C(=O)O. The molecule has 0 amide bonds. The van der Waals surface area contributed by atoms with Crippen molar-refractivity contribution in [3.8, 4) is 0 Å². The zero-order chi connectivity index (χ0) is 30.2. The van der Waals surface area contributed by atoms with Gasteiger partial charge in [-0.15, -0.1) is 0 Å². The van der Waals surface area contributed by atoms with E-state index in [1.165, 1.54) is 13.0 Å². The molecule has 8 nitrogen and oxygen atoms in total. The van der Waals surface area contributed by atoms with Crippen LogP contribution in [0.25, 0.3) is 0 Å². The maximum absolute atomic E-state index is 14.2. The van der Waals surface area contributed by atoms with Gasteiger partial charge in [0, 0.05) is 46.7 Å². The molecule has 8 heteroatoms. The fourth-order valence-corrected chi connectivity index (χ4v) is 9.58. The number of carboxylic acid groups (broad SMARTS) is 1. The second kappa shape index (κ2) is 10.1. The third-order valence-corrected chi connectivity index (χ3v) is 11.9. The molecule has 0 aliphatic heterocycles. The molecule has 4 aliphatic carbocycles. The number of aliphatic hydroxyl groups is 4. The lowest BCUT2D eigenvalue weighted by Crippen LogP contribution is -2.60. The third-order valence-electron chi connectivity index (χ3n) is 11.9. The first kappa shape index (κ1) is 31.1. The first-order chi connectivity index (χ1) is 18.3. The number of carboxylic acids is 1. The largest absolute Gasteiger partial charge is 0.478 e. The monoisotopic (exact) mass is 560 g/mol. The standard InChI is InChI=1S/C32H48O8/c1-16(10-19(34)12-18(28(39)40)11-17(2)33)20-13-25(38)32(7)27-21(35)14-23-29(3,4)24(37)8-9-30(23,5)26(27)22(36)15-31(20,32)6/h12,16-17,19-21,23,25,33-35,38H,8-11,13-15H2,1-7H3,(H,39,40)/b18-12+/t16-,17+,19+,20-,21-,23-,25+,30+,31-,32+/m1/s1. The highest BCUT2D eigenvalue weighted by Gasteiger charge is 2.70. The molecule has 2 fully saturated rings. The average Bonchev–Trinajstić information content (AvgIpc) is 3.03. The van der Waals surface area contributed by atoms with Gasteiger partial charge in [-0.2, -0.15) is 0 Å². The Bertz CT molecular complexity index is 1150. The van der Waals surface area contributed by atoms with Gasteiger partial charge in [0.2, 0.25) is 0 Å². The zero-order valence-electron chi connectivity index (χ0n) is 25.0. The van der Waals surface area contributed by atoms with Gasteiger partial charge < -0.3 is 25.5 Å². The van der Waals surface area contributed by atoms with Crippen LogP contribution in [-0.4, -0.2) is 67.5 Å². The lowest BCUT2D eigenvalue weighted by molar-refractivity contribution is -0.146. The van der Waals surface area contributed by atoms with Crippen molar-refractivity contribution >= 4 is 17.5 Å². The highest BCUT2D eigenvalue weighted by molar-refractivity contribution is 6.01. The zero-order valence-corrected chi connectivity index (χ0v) is 25.0. The number of fused-ring (bicyclic) bond motifs is 4. The van der Waals surface area contributed by atoms with E-state index in [1.807, 2.05) is 34.6 Å². The van der Waals surface area contributed by atoms with Crippen LogP contribution in [0.2, 0.25) is 0 Å². The van der Waals surface area contributed by atoms with Gasteiger partial charge in [-0.1, -0.05) is 41.5 Å². The summed E-state index contributed by atoms with van der Waals surface area (Å²) in [6, 6.07) is 0. The van der Waals surface area contributed by atoms with Crippen molar-refractivity contribution in [1.29, 1.82) is 0 Å². The first-order valence-corrected chi connectivity index (χ1v) is 14.8. The van der Waals surface area contributed by atoms with E-state index in [0.717, 1.165) is 0 Å². The lowest BCUT2D eigenvalue weighted by Gasteiger charge is -2.61. The maximum Gasteiger partial charge on any atom is 0.331 e. The fourth-order valence-electron chi connectivity index (χ4n) is 9.58. The van der Waals surface area contributed by atoms with E-state index < -0.39 is 52.0 Å². The second-order valence-electron chi connectivity index (χ2n) is 14.6. The summed E-state index contributed by atoms with van der Waals surface area (Å²) in [6.07, 6.45) is -0.345. The Hall–Kier alpha value is -1.87. The Labute approximate surface area is 237 Å². The molecule has 0 unspecified atom stereocenters. The second-order valence-corrected chi connectivity index (χ2v) is 14.6. The van der Waals surface area contributed by atoms with E-state index in [9.17, 15) is 39.9 Å². The Morgan fingerprint density at radius 3 is 2.25 bits per heavy atom. The van der Waals surface area contributed by atoms with Crippen LogP contribution < -0.4 is 0 Å². The first-order valence-electron chi connectivity index (χ1n) is 14.8. The van der Waals surface area contributed by atoms with Crippen molar-refractivity contribution in [3.05, 3.63) is 22.8 Å². The predicted octanol–water partition coefficient (Wildman–Crippen LogP) is 3.59. The summed E-state index contributed by atoms with van der Waals surface area (Å²) in [6.45, 7) is 13.3. The molecule has 0 bridgehead atoms. The minimum atomic E-state index is -1.19. The Kier molecular flexibility index (Phi) is 7.88. The summed E-state index contributed by atoms with van der Waals surface area (Å²) in [5, 5.41) is 53.3. The van der Waals surface area contributed by atoms with E-state index in [2.05, 4.69) is 6.92 Å². The molecule has 0 radical (unpaired) electrons. The normalized spacial score (nSPS) is 41.6. The van der Waals surface area contributed by atoms with Crippen molar-refractivity contribution < 1.29 is 39.9 Å². The van der Waals surface area contributed by atoms with Gasteiger partial charge in [0.15, 0.2) is 5.78 Å². The summed E-state index contributed by atoms with van der Waals surface area (Å²) < 4.78 is 0. The Balaban J connectivity index is 1.72. The predicted molar refractivity (Wildman–Crippen MR) is 149 cm³/mol. The average molecular weight is 561 g/mol. The molecular formula is C32H48O8. The quantitative estimate of drug-likeness (QED) is 0.296. The molecule has 40 heavy (non-hydrogen) atoms. The van der Waals surface area contributed by atoms with E-state index in [-0.39, 0.29) is 54.2 Å². The Morgan fingerprint density at radius 1 is 1.05 bits per heavy atom. The van der Waals surface area contributed by atoms with Crippen molar-refractivity contribution in [2.75, 3.05) is 0 Å². The smallest absolute Gasteiger partial charge is 0.331 e. The number of allylic oxidation sites excluding steroid dienone is 1. The molecule has 4 aliphatic rings. The Morgan fingerprint density at radius 2 is 1.68 bits per heavy atom. The molecule has 0 aromatic rings. The molecule has 0 spiro atoms. The molecule has 4 rings (SSSR count). The number of carbonyl (C=O) groups excluding carboxylic acids is 2. The summed E-state index contributed by atoms with van der Waals surface area (Å²) in [5.41, 5.74) is -1.57. The van der Waals surface area contributed by atoms with Crippen LogP contribution in [-0.2, 0) is 14.4 Å². The molecule has 224 valence electrons. The summed E-state index contributed by atoms with van der Waals surface area (Å²) in [7, 11) is 0.